The number of carbonyl (C=O) groups is 1. The zero-order valence-electron chi connectivity index (χ0n) is 15.9. The number of nitrogens with one attached hydrogen (secondary N) is 2. The van der Waals surface area contributed by atoms with Crippen LogP contribution in [-0.4, -0.2) is 68.3 Å². The Morgan fingerprint density at radius 3 is 2.82 bits per heavy atom. The van der Waals surface area contributed by atoms with Crippen molar-refractivity contribution in [3.05, 3.63) is 29.8 Å². The van der Waals surface area contributed by atoms with Crippen molar-refractivity contribution in [3.8, 4) is 0 Å². The third-order valence-corrected chi connectivity index (χ3v) is 4.92. The number of carbonyl (C=O) groups excluding carboxylic acids is 1. The minimum Gasteiger partial charge on any atom is -0.357 e. The zero-order chi connectivity index (χ0) is 20.1. The molecule has 2 heterocycles. The molecule has 1 amide bonds. The van der Waals surface area contributed by atoms with Crippen LogP contribution in [0.4, 0.5) is 18.9 Å². The number of para-hydroxylation sites is 1. The normalized spacial score (nSPS) is 20.4. The molecule has 1 atom stereocenters. The largest absolute Gasteiger partial charge is 0.401 e. The summed E-state index contributed by atoms with van der Waals surface area (Å²) in [6, 6.07) is 7.70. The van der Waals surface area contributed by atoms with Crippen molar-refractivity contribution in [2.75, 3.05) is 44.2 Å². The molecule has 6 nitrogen and oxygen atoms in total. The fourth-order valence-corrected chi connectivity index (χ4v) is 3.69. The lowest BCUT2D eigenvalue weighted by molar-refractivity contribution is -0.143. The summed E-state index contributed by atoms with van der Waals surface area (Å²) in [4.78, 5) is 20.1. The number of hydrogen-bond acceptors (Lipinski definition) is 3. The van der Waals surface area contributed by atoms with Gasteiger partial charge in [-0.1, -0.05) is 18.2 Å². The van der Waals surface area contributed by atoms with Crippen molar-refractivity contribution in [1.82, 2.24) is 15.5 Å². The number of likely N-dealkylation sites (tertiary alicyclic amines) is 1. The van der Waals surface area contributed by atoms with Gasteiger partial charge in [-0.05, 0) is 31.4 Å². The van der Waals surface area contributed by atoms with Gasteiger partial charge in [-0.25, -0.2) is 4.99 Å². The van der Waals surface area contributed by atoms with Gasteiger partial charge in [0.15, 0.2) is 5.96 Å². The average Bonchev–Trinajstić information content (AvgIpc) is 3.25. The molecule has 0 spiro atoms. The first kappa shape index (κ1) is 20.4. The number of anilines is 1. The highest BCUT2D eigenvalue weighted by Crippen LogP contribution is 2.27. The molecule has 154 valence electrons. The molecule has 2 aliphatic heterocycles. The number of nitrogens with zero attached hydrogens (tertiary/aromatic N) is 3. The smallest absolute Gasteiger partial charge is 0.357 e. The van der Waals surface area contributed by atoms with Crippen LogP contribution in [-0.2, 0) is 11.2 Å². The van der Waals surface area contributed by atoms with E-state index in [1.165, 1.54) is 4.90 Å². The van der Waals surface area contributed by atoms with E-state index < -0.39 is 12.7 Å². The van der Waals surface area contributed by atoms with Gasteiger partial charge < -0.3 is 15.5 Å². The highest BCUT2D eigenvalue weighted by atomic mass is 19.4. The van der Waals surface area contributed by atoms with Gasteiger partial charge in [0, 0.05) is 37.9 Å². The Morgan fingerprint density at radius 2 is 2.07 bits per heavy atom. The molecule has 1 aromatic carbocycles. The van der Waals surface area contributed by atoms with Crippen molar-refractivity contribution in [2.45, 2.75) is 32.0 Å². The first-order valence-corrected chi connectivity index (χ1v) is 9.58. The van der Waals surface area contributed by atoms with E-state index in [1.807, 2.05) is 31.2 Å². The summed E-state index contributed by atoms with van der Waals surface area (Å²) < 4.78 is 37.6. The molecule has 1 saturated heterocycles. The maximum Gasteiger partial charge on any atom is 0.401 e. The molecule has 3 rings (SSSR count). The minimum atomic E-state index is -4.19. The molecule has 0 aromatic heterocycles. The lowest BCUT2D eigenvalue weighted by Gasteiger charge is -2.20. The van der Waals surface area contributed by atoms with E-state index >= 15 is 0 Å². The second-order valence-electron chi connectivity index (χ2n) is 7.10. The van der Waals surface area contributed by atoms with E-state index in [9.17, 15) is 18.0 Å². The van der Waals surface area contributed by atoms with Crippen LogP contribution in [0, 0.1) is 0 Å². The van der Waals surface area contributed by atoms with E-state index in [1.54, 1.807) is 4.90 Å². The molecule has 1 fully saturated rings. The summed E-state index contributed by atoms with van der Waals surface area (Å²) in [6.45, 7) is 2.93. The topological polar surface area (TPSA) is 60.0 Å². The lowest BCUT2D eigenvalue weighted by atomic mass is 10.2. The molecule has 0 saturated carbocycles. The molecular formula is C19H26F3N5O. The number of guanidine groups is 1. The van der Waals surface area contributed by atoms with Gasteiger partial charge in [0.05, 0.1) is 6.54 Å². The molecular weight excluding hydrogens is 371 g/mol. The van der Waals surface area contributed by atoms with Crippen molar-refractivity contribution in [1.29, 1.82) is 0 Å². The predicted molar refractivity (Wildman–Crippen MR) is 103 cm³/mol. The van der Waals surface area contributed by atoms with Crippen molar-refractivity contribution < 1.29 is 18.0 Å². The summed E-state index contributed by atoms with van der Waals surface area (Å²) in [6.07, 6.45) is -2.75. The quantitative estimate of drug-likeness (QED) is 0.587. The van der Waals surface area contributed by atoms with E-state index in [-0.39, 0.29) is 18.5 Å². The Bertz CT molecular complexity index is 722. The standard InChI is InChI=1S/C19H26F3N5O/c1-2-23-18(25-15-8-9-26(12-15)13-19(20,21)22)24-11-17(28)27-10-7-14-5-3-4-6-16(14)27/h3-6,15H,2,7-13H2,1H3,(H2,23,24,25). The van der Waals surface area contributed by atoms with Crippen molar-refractivity contribution in [3.63, 3.8) is 0 Å². The molecule has 1 unspecified atom stereocenters. The van der Waals surface area contributed by atoms with Crippen molar-refractivity contribution in [2.24, 2.45) is 4.99 Å². The Kier molecular flexibility index (Phi) is 6.43. The van der Waals surface area contributed by atoms with Crippen molar-refractivity contribution >= 4 is 17.6 Å². The molecule has 0 bridgehead atoms. The summed E-state index contributed by atoms with van der Waals surface area (Å²) in [7, 11) is 0. The number of amides is 1. The van der Waals surface area contributed by atoms with Crippen LogP contribution < -0.4 is 15.5 Å². The third-order valence-electron chi connectivity index (χ3n) is 4.92. The van der Waals surface area contributed by atoms with Crippen LogP contribution in [0.2, 0.25) is 0 Å². The second kappa shape index (κ2) is 8.81. The number of halogens is 3. The maximum atomic E-state index is 12.6. The Hall–Kier alpha value is -2.29. The minimum absolute atomic E-state index is 0.0113. The van der Waals surface area contributed by atoms with Crippen LogP contribution >= 0.6 is 0 Å². The van der Waals surface area contributed by atoms with Crippen LogP contribution in [0.1, 0.15) is 18.9 Å². The van der Waals surface area contributed by atoms with Gasteiger partial charge in [-0.2, -0.15) is 13.2 Å². The molecule has 9 heteroatoms. The van der Waals surface area contributed by atoms with Gasteiger partial charge in [-0.15, -0.1) is 0 Å². The number of hydrogen-bond donors (Lipinski definition) is 2. The molecule has 1 aromatic rings. The predicted octanol–water partition coefficient (Wildman–Crippen LogP) is 1.77. The number of aliphatic imine (C=N–C) groups is 1. The Morgan fingerprint density at radius 1 is 1.29 bits per heavy atom. The first-order valence-electron chi connectivity index (χ1n) is 9.58. The SMILES string of the molecule is CCNC(=NCC(=O)N1CCc2ccccc21)NC1CCN(CC(F)(F)F)C1. The zero-order valence-corrected chi connectivity index (χ0v) is 15.9. The number of alkyl halides is 3. The van der Waals surface area contributed by atoms with E-state index in [4.69, 9.17) is 0 Å². The fourth-order valence-electron chi connectivity index (χ4n) is 3.69. The van der Waals surface area contributed by atoms with Gasteiger partial charge in [-0.3, -0.25) is 9.69 Å². The molecule has 2 aliphatic rings. The highest BCUT2D eigenvalue weighted by molar-refractivity contribution is 5.98. The van der Waals surface area contributed by atoms with Gasteiger partial charge >= 0.3 is 6.18 Å². The number of rotatable bonds is 5. The molecule has 2 N–H and O–H groups in total. The van der Waals surface area contributed by atoms with Gasteiger partial charge in [0.2, 0.25) is 5.91 Å². The average molecular weight is 397 g/mol. The first-order chi connectivity index (χ1) is 13.4. The maximum absolute atomic E-state index is 12.6. The fraction of sp³-hybridized carbons (Fsp3) is 0.579. The summed E-state index contributed by atoms with van der Waals surface area (Å²) >= 11 is 0. The molecule has 0 aliphatic carbocycles. The van der Waals surface area contributed by atoms with E-state index in [0.29, 0.717) is 38.6 Å². The molecule has 0 radical (unpaired) electrons. The van der Waals surface area contributed by atoms with Crippen LogP contribution in [0.15, 0.2) is 29.3 Å². The Labute approximate surface area is 162 Å². The lowest BCUT2D eigenvalue weighted by Crippen LogP contribution is -2.45. The van der Waals surface area contributed by atoms with Gasteiger partial charge in [0.1, 0.15) is 6.54 Å². The van der Waals surface area contributed by atoms with Gasteiger partial charge in [0.25, 0.3) is 0 Å². The van der Waals surface area contributed by atoms with Crippen LogP contribution in [0.25, 0.3) is 0 Å². The van der Waals surface area contributed by atoms with Crippen LogP contribution in [0.5, 0.6) is 0 Å². The summed E-state index contributed by atoms with van der Waals surface area (Å²) in [5, 5.41) is 6.22. The summed E-state index contributed by atoms with van der Waals surface area (Å²) in [5.74, 6) is 0.370. The third kappa shape index (κ3) is 5.37. The number of benzene rings is 1. The number of fused-ring (bicyclic) bond motifs is 1. The van der Waals surface area contributed by atoms with E-state index in [2.05, 4.69) is 15.6 Å². The highest BCUT2D eigenvalue weighted by Gasteiger charge is 2.34. The molecule has 28 heavy (non-hydrogen) atoms. The van der Waals surface area contributed by atoms with E-state index in [0.717, 1.165) is 17.7 Å². The van der Waals surface area contributed by atoms with Crippen LogP contribution in [0.3, 0.4) is 0 Å². The Balaban J connectivity index is 1.55. The summed E-state index contributed by atoms with van der Waals surface area (Å²) in [5.41, 5.74) is 2.08. The second-order valence-corrected chi connectivity index (χ2v) is 7.10. The monoisotopic (exact) mass is 397 g/mol.